The maximum Gasteiger partial charge on any atom is 0.227 e. The van der Waals surface area contributed by atoms with E-state index in [4.69, 9.17) is 0 Å². The summed E-state index contributed by atoms with van der Waals surface area (Å²) in [4.78, 5) is 19.8. The summed E-state index contributed by atoms with van der Waals surface area (Å²) in [6, 6.07) is 0. The maximum atomic E-state index is 11.6. The Morgan fingerprint density at radius 2 is 2.00 bits per heavy atom. The first-order chi connectivity index (χ1) is 7.47. The Morgan fingerprint density at radius 1 is 1.38 bits per heavy atom. The highest BCUT2D eigenvalue weighted by atomic mass is 16.2. The second-order valence-electron chi connectivity index (χ2n) is 4.31. The number of aryl methyl sites for hydroxylation is 1. The lowest BCUT2D eigenvalue weighted by atomic mass is 9.92. The van der Waals surface area contributed by atoms with Crippen molar-refractivity contribution in [1.29, 1.82) is 0 Å². The third-order valence-corrected chi connectivity index (χ3v) is 2.42. The van der Waals surface area contributed by atoms with Crippen molar-refractivity contribution < 1.29 is 4.79 Å². The molecule has 0 saturated carbocycles. The minimum absolute atomic E-state index is 0.00143. The Bertz CT molecular complexity index is 376. The molecule has 16 heavy (non-hydrogen) atoms. The first-order valence-corrected chi connectivity index (χ1v) is 5.21. The van der Waals surface area contributed by atoms with Crippen LogP contribution in [0.25, 0.3) is 0 Å². The van der Waals surface area contributed by atoms with Gasteiger partial charge in [-0.15, -0.1) is 0 Å². The van der Waals surface area contributed by atoms with E-state index in [-0.39, 0.29) is 5.91 Å². The highest BCUT2D eigenvalue weighted by Gasteiger charge is 2.26. The molecular formula is C11H18N4O. The molecule has 0 atom stereocenters. The van der Waals surface area contributed by atoms with Crippen LogP contribution in [0.5, 0.6) is 0 Å². The van der Waals surface area contributed by atoms with E-state index in [0.717, 1.165) is 11.5 Å². The molecule has 0 aromatic carbocycles. The van der Waals surface area contributed by atoms with E-state index in [9.17, 15) is 4.79 Å². The van der Waals surface area contributed by atoms with Gasteiger partial charge in [0.1, 0.15) is 5.82 Å². The highest BCUT2D eigenvalue weighted by molar-refractivity contribution is 5.82. The molecule has 1 aromatic heterocycles. The molecule has 1 amide bonds. The summed E-state index contributed by atoms with van der Waals surface area (Å²) < 4.78 is 0. The Hall–Kier alpha value is -1.65. The quantitative estimate of drug-likeness (QED) is 0.796. The van der Waals surface area contributed by atoms with Crippen molar-refractivity contribution in [3.63, 3.8) is 0 Å². The van der Waals surface area contributed by atoms with Crippen molar-refractivity contribution in [2.45, 2.75) is 20.8 Å². The number of carbonyl (C=O) groups is 1. The molecular weight excluding hydrogens is 204 g/mol. The Labute approximate surface area is 95.7 Å². The molecule has 1 rings (SSSR count). The van der Waals surface area contributed by atoms with Crippen LogP contribution in [-0.2, 0) is 4.79 Å². The molecule has 88 valence electrons. The zero-order valence-electron chi connectivity index (χ0n) is 10.2. The summed E-state index contributed by atoms with van der Waals surface area (Å²) in [6.07, 6.45) is 3.27. The minimum Gasteiger partial charge on any atom is -0.368 e. The molecule has 0 bridgehead atoms. The van der Waals surface area contributed by atoms with Crippen molar-refractivity contribution in [3.8, 4) is 0 Å². The van der Waals surface area contributed by atoms with Gasteiger partial charge in [0.15, 0.2) is 0 Å². The van der Waals surface area contributed by atoms with E-state index < -0.39 is 5.41 Å². The number of hydrogen-bond donors (Lipinski definition) is 2. The van der Waals surface area contributed by atoms with Crippen LogP contribution in [0.15, 0.2) is 12.4 Å². The molecule has 0 aliphatic rings. The second kappa shape index (κ2) is 4.92. The van der Waals surface area contributed by atoms with E-state index in [1.165, 1.54) is 0 Å². The fourth-order valence-electron chi connectivity index (χ4n) is 1.30. The van der Waals surface area contributed by atoms with Crippen molar-refractivity contribution in [2.24, 2.45) is 5.41 Å². The van der Waals surface area contributed by atoms with Gasteiger partial charge in [-0.25, -0.2) is 4.98 Å². The van der Waals surface area contributed by atoms with E-state index in [0.29, 0.717) is 6.54 Å². The molecule has 0 spiro atoms. The predicted octanol–water partition coefficient (Wildman–Crippen LogP) is 0.969. The number of nitrogens with one attached hydrogen (secondary N) is 2. The molecule has 0 saturated heterocycles. The van der Waals surface area contributed by atoms with E-state index in [2.05, 4.69) is 20.6 Å². The molecule has 0 fully saturated rings. The SMILES string of the molecule is CNC(=O)C(C)(C)CNc1nccnc1C. The lowest BCUT2D eigenvalue weighted by Crippen LogP contribution is -2.39. The summed E-state index contributed by atoms with van der Waals surface area (Å²) >= 11 is 0. The molecule has 5 nitrogen and oxygen atoms in total. The number of hydrogen-bond acceptors (Lipinski definition) is 4. The van der Waals surface area contributed by atoms with Gasteiger partial charge in [-0.1, -0.05) is 0 Å². The smallest absolute Gasteiger partial charge is 0.227 e. The van der Waals surface area contributed by atoms with Crippen molar-refractivity contribution in [1.82, 2.24) is 15.3 Å². The van der Waals surface area contributed by atoms with E-state index in [1.807, 2.05) is 20.8 Å². The molecule has 2 N–H and O–H groups in total. The fourth-order valence-corrected chi connectivity index (χ4v) is 1.30. The normalized spacial score (nSPS) is 11.0. The van der Waals surface area contributed by atoms with E-state index >= 15 is 0 Å². The fraction of sp³-hybridized carbons (Fsp3) is 0.545. The summed E-state index contributed by atoms with van der Waals surface area (Å²) in [5.74, 6) is 0.723. The third kappa shape index (κ3) is 2.92. The lowest BCUT2D eigenvalue weighted by Gasteiger charge is -2.23. The van der Waals surface area contributed by atoms with Gasteiger partial charge >= 0.3 is 0 Å². The lowest BCUT2D eigenvalue weighted by molar-refractivity contribution is -0.128. The molecule has 5 heteroatoms. The van der Waals surface area contributed by atoms with Gasteiger partial charge in [0, 0.05) is 26.0 Å². The van der Waals surface area contributed by atoms with Crippen LogP contribution in [0.4, 0.5) is 5.82 Å². The van der Waals surface area contributed by atoms with Crippen molar-refractivity contribution >= 4 is 11.7 Å². The number of carbonyl (C=O) groups excluding carboxylic acids is 1. The average molecular weight is 222 g/mol. The number of rotatable bonds is 4. The van der Waals surface area contributed by atoms with Gasteiger partial charge in [0.25, 0.3) is 0 Å². The van der Waals surface area contributed by atoms with Gasteiger partial charge in [-0.2, -0.15) is 0 Å². The first-order valence-electron chi connectivity index (χ1n) is 5.21. The summed E-state index contributed by atoms with van der Waals surface area (Å²) in [5, 5.41) is 5.78. The van der Waals surface area contributed by atoms with Gasteiger partial charge in [0.05, 0.1) is 11.1 Å². The molecule has 0 aliphatic heterocycles. The van der Waals surface area contributed by atoms with E-state index in [1.54, 1.807) is 19.4 Å². The highest BCUT2D eigenvalue weighted by Crippen LogP contribution is 2.16. The third-order valence-electron chi connectivity index (χ3n) is 2.42. The molecule has 0 radical (unpaired) electrons. The second-order valence-corrected chi connectivity index (χ2v) is 4.31. The zero-order chi connectivity index (χ0) is 12.2. The number of anilines is 1. The first kappa shape index (κ1) is 12.4. The summed E-state index contributed by atoms with van der Waals surface area (Å²) in [5.41, 5.74) is 0.355. The minimum atomic E-state index is -0.474. The molecule has 0 aliphatic carbocycles. The van der Waals surface area contributed by atoms with Gasteiger partial charge in [-0.3, -0.25) is 9.78 Å². The van der Waals surface area contributed by atoms with Gasteiger partial charge < -0.3 is 10.6 Å². The number of nitrogens with zero attached hydrogens (tertiary/aromatic N) is 2. The van der Waals surface area contributed by atoms with Crippen LogP contribution in [0.1, 0.15) is 19.5 Å². The Morgan fingerprint density at radius 3 is 2.56 bits per heavy atom. The van der Waals surface area contributed by atoms with Crippen LogP contribution in [0.2, 0.25) is 0 Å². The molecule has 1 heterocycles. The standard InChI is InChI=1S/C11H18N4O/c1-8-9(14-6-5-13-8)15-7-11(2,3)10(16)12-4/h5-6H,7H2,1-4H3,(H,12,16)(H,14,15). The van der Waals surface area contributed by atoms with Crippen LogP contribution in [-0.4, -0.2) is 29.5 Å². The Kier molecular flexibility index (Phi) is 3.82. The van der Waals surface area contributed by atoms with Crippen molar-refractivity contribution in [2.75, 3.05) is 18.9 Å². The van der Waals surface area contributed by atoms with Gasteiger partial charge in [0.2, 0.25) is 5.91 Å². The predicted molar refractivity (Wildman–Crippen MR) is 63.1 cm³/mol. The monoisotopic (exact) mass is 222 g/mol. The molecule has 1 aromatic rings. The maximum absolute atomic E-state index is 11.6. The van der Waals surface area contributed by atoms with Crippen molar-refractivity contribution in [3.05, 3.63) is 18.1 Å². The number of amides is 1. The van der Waals surface area contributed by atoms with Crippen LogP contribution in [0, 0.1) is 12.3 Å². The largest absolute Gasteiger partial charge is 0.368 e. The topological polar surface area (TPSA) is 66.9 Å². The average Bonchev–Trinajstić information content (AvgIpc) is 2.27. The van der Waals surface area contributed by atoms with Crippen LogP contribution < -0.4 is 10.6 Å². The zero-order valence-corrected chi connectivity index (χ0v) is 10.2. The molecule has 0 unspecified atom stereocenters. The summed E-state index contributed by atoms with van der Waals surface area (Å²) in [7, 11) is 1.64. The Balaban J connectivity index is 2.65. The van der Waals surface area contributed by atoms with Gasteiger partial charge in [-0.05, 0) is 20.8 Å². The summed E-state index contributed by atoms with van der Waals surface area (Å²) in [6.45, 7) is 6.16. The van der Waals surface area contributed by atoms with Crippen LogP contribution in [0.3, 0.4) is 0 Å². The number of aromatic nitrogens is 2. The van der Waals surface area contributed by atoms with Crippen LogP contribution >= 0.6 is 0 Å².